The lowest BCUT2D eigenvalue weighted by Gasteiger charge is -2.17. The first-order valence-corrected chi connectivity index (χ1v) is 7.72. The summed E-state index contributed by atoms with van der Waals surface area (Å²) in [5.74, 6) is -0.344. The van der Waals surface area contributed by atoms with Gasteiger partial charge in [0.25, 0.3) is 0 Å². The topological polar surface area (TPSA) is 46.2 Å². The van der Waals surface area contributed by atoms with Crippen LogP contribution in [0.15, 0.2) is 48.5 Å². The van der Waals surface area contributed by atoms with Gasteiger partial charge in [0.2, 0.25) is 5.91 Å². The van der Waals surface area contributed by atoms with E-state index in [2.05, 4.69) is 5.32 Å². The average molecular weight is 311 g/mol. The van der Waals surface area contributed by atoms with Crippen LogP contribution in [0.4, 0.5) is 10.1 Å². The molecule has 1 amide bonds. The molecule has 0 aromatic heterocycles. The molecule has 1 unspecified atom stereocenters. The second-order valence-corrected chi connectivity index (χ2v) is 5.99. The lowest BCUT2D eigenvalue weighted by Crippen LogP contribution is -2.22. The fourth-order valence-electron chi connectivity index (χ4n) is 2.75. The van der Waals surface area contributed by atoms with Crippen molar-refractivity contribution in [3.63, 3.8) is 0 Å². The quantitative estimate of drug-likeness (QED) is 0.843. The molecule has 1 N–H and O–H groups in total. The van der Waals surface area contributed by atoms with Crippen LogP contribution in [0.25, 0.3) is 0 Å². The monoisotopic (exact) mass is 311 g/mol. The van der Waals surface area contributed by atoms with Gasteiger partial charge >= 0.3 is 0 Å². The van der Waals surface area contributed by atoms with Crippen molar-refractivity contribution < 1.29 is 14.0 Å². The zero-order valence-electron chi connectivity index (χ0n) is 12.9. The van der Waals surface area contributed by atoms with Crippen LogP contribution in [0.1, 0.15) is 41.6 Å². The number of rotatable bonds is 5. The molecule has 1 fully saturated rings. The normalized spacial score (nSPS) is 15.0. The fourth-order valence-corrected chi connectivity index (χ4v) is 2.75. The maximum atomic E-state index is 13.1. The Bertz CT molecular complexity index is 718. The number of halogens is 1. The van der Waals surface area contributed by atoms with Crippen LogP contribution in [0.2, 0.25) is 0 Å². The average Bonchev–Trinajstić information content (AvgIpc) is 3.35. The Morgan fingerprint density at radius 2 is 1.65 bits per heavy atom. The van der Waals surface area contributed by atoms with Crippen LogP contribution >= 0.6 is 0 Å². The number of carbonyl (C=O) groups excluding carboxylic acids is 2. The molecule has 3 rings (SSSR count). The van der Waals surface area contributed by atoms with E-state index in [0.29, 0.717) is 17.2 Å². The summed E-state index contributed by atoms with van der Waals surface area (Å²) in [6, 6.07) is 13.0. The summed E-state index contributed by atoms with van der Waals surface area (Å²) in [6.45, 7) is 1.51. The predicted octanol–water partition coefficient (Wildman–Crippen LogP) is 4.16. The molecule has 2 aromatic rings. The molecule has 0 spiro atoms. The molecule has 0 radical (unpaired) electrons. The summed E-state index contributed by atoms with van der Waals surface area (Å²) in [7, 11) is 0. The van der Waals surface area contributed by atoms with E-state index in [1.54, 1.807) is 36.4 Å². The Balaban J connectivity index is 1.76. The summed E-state index contributed by atoms with van der Waals surface area (Å²) in [5.41, 5.74) is 2.11. The lowest BCUT2D eigenvalue weighted by atomic mass is 9.93. The van der Waals surface area contributed by atoms with Gasteiger partial charge in [-0.05, 0) is 67.6 Å². The number of ketones is 1. The molecular weight excluding hydrogens is 293 g/mol. The van der Waals surface area contributed by atoms with Crippen molar-refractivity contribution in [3.8, 4) is 0 Å². The van der Waals surface area contributed by atoms with E-state index < -0.39 is 0 Å². The zero-order valence-corrected chi connectivity index (χ0v) is 12.9. The maximum absolute atomic E-state index is 13.1. The molecule has 23 heavy (non-hydrogen) atoms. The molecule has 4 heteroatoms. The Morgan fingerprint density at radius 1 is 1.04 bits per heavy atom. The Hall–Kier alpha value is -2.49. The second kappa shape index (κ2) is 6.32. The van der Waals surface area contributed by atoms with Crippen LogP contribution in [0.5, 0.6) is 0 Å². The molecule has 1 atom stereocenters. The van der Waals surface area contributed by atoms with E-state index in [1.807, 2.05) is 0 Å². The van der Waals surface area contributed by atoms with E-state index in [4.69, 9.17) is 0 Å². The fraction of sp³-hybridized carbons (Fsp3) is 0.263. The molecule has 1 aliphatic carbocycles. The molecule has 118 valence electrons. The number of anilines is 1. The minimum absolute atomic E-state index is 0.00922. The SMILES string of the molecule is CC(=O)c1ccc(NC(=O)C(c2ccc(F)cc2)C2CC2)cc1. The number of amides is 1. The minimum Gasteiger partial charge on any atom is -0.326 e. The van der Waals surface area contributed by atoms with Gasteiger partial charge in [-0.2, -0.15) is 0 Å². The Morgan fingerprint density at radius 3 is 2.17 bits per heavy atom. The summed E-state index contributed by atoms with van der Waals surface area (Å²) in [4.78, 5) is 23.9. The largest absolute Gasteiger partial charge is 0.326 e. The van der Waals surface area contributed by atoms with Gasteiger partial charge in [0, 0.05) is 11.3 Å². The number of nitrogens with one attached hydrogen (secondary N) is 1. The van der Waals surface area contributed by atoms with Crippen molar-refractivity contribution in [2.45, 2.75) is 25.7 Å². The minimum atomic E-state index is -0.302. The molecule has 1 aliphatic rings. The molecule has 0 saturated heterocycles. The summed E-state index contributed by atoms with van der Waals surface area (Å²) in [6.07, 6.45) is 2.03. The smallest absolute Gasteiger partial charge is 0.232 e. The van der Waals surface area contributed by atoms with Gasteiger partial charge in [0.1, 0.15) is 5.82 Å². The number of carbonyl (C=O) groups is 2. The Kier molecular flexibility index (Phi) is 4.24. The highest BCUT2D eigenvalue weighted by Crippen LogP contribution is 2.43. The molecule has 0 heterocycles. The first-order chi connectivity index (χ1) is 11.0. The molecule has 3 nitrogen and oxygen atoms in total. The van der Waals surface area contributed by atoms with E-state index in [0.717, 1.165) is 18.4 Å². The number of benzene rings is 2. The van der Waals surface area contributed by atoms with Gasteiger partial charge in [0.05, 0.1) is 5.92 Å². The van der Waals surface area contributed by atoms with Crippen molar-refractivity contribution in [3.05, 3.63) is 65.5 Å². The van der Waals surface area contributed by atoms with E-state index in [-0.39, 0.29) is 23.4 Å². The van der Waals surface area contributed by atoms with Crippen LogP contribution < -0.4 is 5.32 Å². The first-order valence-electron chi connectivity index (χ1n) is 7.72. The van der Waals surface area contributed by atoms with Gasteiger partial charge in [-0.25, -0.2) is 4.39 Å². The maximum Gasteiger partial charge on any atom is 0.232 e. The van der Waals surface area contributed by atoms with Gasteiger partial charge in [-0.1, -0.05) is 12.1 Å². The van der Waals surface area contributed by atoms with E-state index in [9.17, 15) is 14.0 Å². The van der Waals surface area contributed by atoms with Crippen molar-refractivity contribution in [2.75, 3.05) is 5.32 Å². The van der Waals surface area contributed by atoms with Gasteiger partial charge in [-0.15, -0.1) is 0 Å². The Labute approximate surface area is 134 Å². The third-order valence-electron chi connectivity index (χ3n) is 4.16. The van der Waals surface area contributed by atoms with Crippen molar-refractivity contribution >= 4 is 17.4 Å². The van der Waals surface area contributed by atoms with Crippen LogP contribution in [-0.4, -0.2) is 11.7 Å². The predicted molar refractivity (Wildman–Crippen MR) is 86.9 cm³/mol. The highest BCUT2D eigenvalue weighted by molar-refractivity contribution is 5.98. The highest BCUT2D eigenvalue weighted by Gasteiger charge is 2.37. The van der Waals surface area contributed by atoms with E-state index in [1.165, 1.54) is 19.1 Å². The summed E-state index contributed by atoms with van der Waals surface area (Å²) < 4.78 is 13.1. The third kappa shape index (κ3) is 3.65. The number of hydrogen-bond acceptors (Lipinski definition) is 2. The molecule has 2 aromatic carbocycles. The lowest BCUT2D eigenvalue weighted by molar-refractivity contribution is -0.118. The van der Waals surface area contributed by atoms with Crippen LogP contribution in [-0.2, 0) is 4.79 Å². The van der Waals surface area contributed by atoms with Crippen molar-refractivity contribution in [1.82, 2.24) is 0 Å². The van der Waals surface area contributed by atoms with Gasteiger partial charge in [0.15, 0.2) is 5.78 Å². The number of Topliss-reactive ketones (excluding diaryl/α,β-unsaturated/α-hetero) is 1. The van der Waals surface area contributed by atoms with E-state index >= 15 is 0 Å². The zero-order chi connectivity index (χ0) is 16.4. The molecule has 1 saturated carbocycles. The van der Waals surface area contributed by atoms with Crippen LogP contribution in [0.3, 0.4) is 0 Å². The van der Waals surface area contributed by atoms with Crippen LogP contribution in [0, 0.1) is 11.7 Å². The van der Waals surface area contributed by atoms with Crippen molar-refractivity contribution in [2.24, 2.45) is 5.92 Å². The van der Waals surface area contributed by atoms with Gasteiger partial charge in [-0.3, -0.25) is 9.59 Å². The number of hydrogen-bond donors (Lipinski definition) is 1. The standard InChI is InChI=1S/C19H18FNO2/c1-12(22)13-6-10-17(11-7-13)21-19(23)18(14-2-3-14)15-4-8-16(20)9-5-15/h4-11,14,18H,2-3H2,1H3,(H,21,23). The third-order valence-corrected chi connectivity index (χ3v) is 4.16. The van der Waals surface area contributed by atoms with Gasteiger partial charge < -0.3 is 5.32 Å². The summed E-state index contributed by atoms with van der Waals surface area (Å²) >= 11 is 0. The second-order valence-electron chi connectivity index (χ2n) is 5.99. The first kappa shape index (κ1) is 15.4. The van der Waals surface area contributed by atoms with Crippen molar-refractivity contribution in [1.29, 1.82) is 0 Å². The molecule has 0 aliphatic heterocycles. The molecule has 0 bridgehead atoms. The summed E-state index contributed by atoms with van der Waals surface area (Å²) in [5, 5.41) is 2.90. The highest BCUT2D eigenvalue weighted by atomic mass is 19.1. The molecular formula is C19H18FNO2.